The number of aliphatic imine (C=N–C) groups is 2. The number of methoxy groups -OCH3 is 2. The number of hydrogen-bond donors (Lipinski definition) is 0. The molecule has 0 aliphatic carbocycles. The van der Waals surface area contributed by atoms with E-state index in [1.807, 2.05) is 97.1 Å². The van der Waals surface area contributed by atoms with E-state index in [1.54, 1.807) is 14.2 Å². The van der Waals surface area contributed by atoms with Crippen LogP contribution >= 0.6 is 63.7 Å². The standard InChI is InChI=1S/C44H30Br4N4O2/c1-53-37-9-5-3-7-35(37)43-49-41(29-15-23-33(47)24-16-29)42(30-17-25-34(48)26-18-30)52(43)44(36-8-4-6-10-38(36)54-2)50-39(27-11-19-31(45)20-12-27)40(51-44)28-13-21-32(46)22-14-28/h3-26H,1-2H3. The van der Waals surface area contributed by atoms with E-state index in [1.165, 1.54) is 0 Å². The fraction of sp³-hybridized carbons (Fsp3) is 0.0682. The molecule has 0 saturated carbocycles. The van der Waals surface area contributed by atoms with Gasteiger partial charge in [-0.3, -0.25) is 4.57 Å². The van der Waals surface area contributed by atoms with Gasteiger partial charge in [-0.15, -0.1) is 0 Å². The van der Waals surface area contributed by atoms with Crippen molar-refractivity contribution in [2.24, 2.45) is 9.98 Å². The minimum absolute atomic E-state index is 0.619. The van der Waals surface area contributed by atoms with Gasteiger partial charge in [-0.05, 0) is 72.8 Å². The molecule has 6 aromatic carbocycles. The molecule has 1 aliphatic heterocycles. The monoisotopic (exact) mass is 962 g/mol. The fourth-order valence-electron chi connectivity index (χ4n) is 6.74. The maximum Gasteiger partial charge on any atom is 0.265 e. The Morgan fingerprint density at radius 1 is 0.481 bits per heavy atom. The Hall–Kier alpha value is -4.61. The van der Waals surface area contributed by atoms with Gasteiger partial charge in [0.1, 0.15) is 17.3 Å². The molecule has 0 bridgehead atoms. The largest absolute Gasteiger partial charge is 0.496 e. The second-order valence-corrected chi connectivity index (χ2v) is 16.1. The Bertz CT molecular complexity index is 2480. The molecule has 8 rings (SSSR count). The third-order valence-corrected chi connectivity index (χ3v) is 11.4. The molecule has 6 nitrogen and oxygen atoms in total. The quantitative estimate of drug-likeness (QED) is 0.145. The van der Waals surface area contributed by atoms with Crippen LogP contribution in [0, 0.1) is 0 Å². The highest BCUT2D eigenvalue weighted by Gasteiger charge is 2.47. The Kier molecular flexibility index (Phi) is 10.3. The first kappa shape index (κ1) is 36.4. The molecule has 0 N–H and O–H groups in total. The lowest BCUT2D eigenvalue weighted by Crippen LogP contribution is -2.32. The molecule has 54 heavy (non-hydrogen) atoms. The van der Waals surface area contributed by atoms with Crippen molar-refractivity contribution in [3.8, 4) is 45.4 Å². The van der Waals surface area contributed by atoms with E-state index in [-0.39, 0.29) is 0 Å². The molecule has 1 aliphatic rings. The number of hydrogen-bond acceptors (Lipinski definition) is 5. The third-order valence-electron chi connectivity index (χ3n) is 9.24. The summed E-state index contributed by atoms with van der Waals surface area (Å²) in [7, 11) is 3.36. The summed E-state index contributed by atoms with van der Waals surface area (Å²) >= 11 is 14.6. The van der Waals surface area contributed by atoms with Crippen molar-refractivity contribution < 1.29 is 9.47 Å². The molecule has 0 fully saturated rings. The van der Waals surface area contributed by atoms with Crippen LogP contribution in [-0.4, -0.2) is 35.2 Å². The number of imidazole rings is 1. The average Bonchev–Trinajstić information content (AvgIpc) is 3.80. The number of nitrogens with zero attached hydrogens (tertiary/aromatic N) is 4. The summed E-state index contributed by atoms with van der Waals surface area (Å²) < 4.78 is 18.2. The van der Waals surface area contributed by atoms with Crippen LogP contribution in [0.1, 0.15) is 16.7 Å². The van der Waals surface area contributed by atoms with Crippen molar-refractivity contribution in [3.63, 3.8) is 0 Å². The maximum absolute atomic E-state index is 6.15. The van der Waals surface area contributed by atoms with Crippen LogP contribution in [-0.2, 0) is 5.79 Å². The fourth-order valence-corrected chi connectivity index (χ4v) is 7.80. The van der Waals surface area contributed by atoms with Crippen molar-refractivity contribution in [3.05, 3.63) is 180 Å². The Labute approximate surface area is 347 Å². The van der Waals surface area contributed by atoms with Crippen LogP contribution in [0.15, 0.2) is 173 Å². The minimum atomic E-state index is -1.46. The zero-order chi connectivity index (χ0) is 37.4. The van der Waals surface area contributed by atoms with Gasteiger partial charge in [0.25, 0.3) is 5.79 Å². The molecule has 0 amide bonds. The second kappa shape index (κ2) is 15.3. The summed E-state index contributed by atoms with van der Waals surface area (Å²) in [6, 6.07) is 48.7. The number of rotatable bonds is 9. The molecular formula is C44H30Br4N4O2. The van der Waals surface area contributed by atoms with E-state index in [9.17, 15) is 0 Å². The second-order valence-electron chi connectivity index (χ2n) is 12.5. The summed E-state index contributed by atoms with van der Waals surface area (Å²) in [5.74, 6) is 0.449. The zero-order valence-corrected chi connectivity index (χ0v) is 35.3. The van der Waals surface area contributed by atoms with E-state index in [4.69, 9.17) is 24.4 Å². The summed E-state index contributed by atoms with van der Waals surface area (Å²) in [6.45, 7) is 0. The lowest BCUT2D eigenvalue weighted by atomic mass is 10.0. The lowest BCUT2D eigenvalue weighted by Gasteiger charge is -2.31. The number of halogens is 4. The van der Waals surface area contributed by atoms with E-state index >= 15 is 0 Å². The number of aromatic nitrogens is 2. The van der Waals surface area contributed by atoms with Crippen molar-refractivity contribution in [2.45, 2.75) is 5.79 Å². The minimum Gasteiger partial charge on any atom is -0.496 e. The van der Waals surface area contributed by atoms with Crippen LogP contribution in [0.3, 0.4) is 0 Å². The Balaban J connectivity index is 1.59. The molecule has 1 aromatic heterocycles. The van der Waals surface area contributed by atoms with Gasteiger partial charge < -0.3 is 9.47 Å². The topological polar surface area (TPSA) is 61.0 Å². The van der Waals surface area contributed by atoms with Gasteiger partial charge in [0.05, 0.1) is 48.2 Å². The molecule has 2 heterocycles. The van der Waals surface area contributed by atoms with Gasteiger partial charge in [-0.2, -0.15) is 0 Å². The first-order valence-corrected chi connectivity index (χ1v) is 20.1. The van der Waals surface area contributed by atoms with Crippen LogP contribution in [0.25, 0.3) is 33.9 Å². The number of para-hydroxylation sites is 2. The molecular weight excluding hydrogens is 936 g/mol. The summed E-state index contributed by atoms with van der Waals surface area (Å²) in [4.78, 5) is 17.1. The number of ether oxygens (including phenoxy) is 2. The third kappa shape index (κ3) is 6.70. The predicted octanol–water partition coefficient (Wildman–Crippen LogP) is 12.6. The molecule has 0 saturated heterocycles. The van der Waals surface area contributed by atoms with Crippen molar-refractivity contribution in [2.75, 3.05) is 14.2 Å². The smallest absolute Gasteiger partial charge is 0.265 e. The van der Waals surface area contributed by atoms with E-state index < -0.39 is 5.79 Å². The average molecular weight is 966 g/mol. The molecule has 7 aromatic rings. The summed E-state index contributed by atoms with van der Waals surface area (Å²) in [6.07, 6.45) is 0. The molecule has 0 spiro atoms. The van der Waals surface area contributed by atoms with Crippen LogP contribution in [0.2, 0.25) is 0 Å². The molecule has 0 radical (unpaired) electrons. The van der Waals surface area contributed by atoms with Gasteiger partial charge in [-0.25, -0.2) is 15.0 Å². The Morgan fingerprint density at radius 2 is 0.907 bits per heavy atom. The van der Waals surface area contributed by atoms with Gasteiger partial charge in [0.15, 0.2) is 0 Å². The number of benzene rings is 6. The summed E-state index contributed by atoms with van der Waals surface area (Å²) in [5.41, 5.74) is 8.21. The van der Waals surface area contributed by atoms with E-state index in [2.05, 4.69) is 117 Å². The predicted molar refractivity (Wildman–Crippen MR) is 232 cm³/mol. The zero-order valence-electron chi connectivity index (χ0n) is 29.0. The Morgan fingerprint density at radius 3 is 1.41 bits per heavy atom. The SMILES string of the molecule is COc1ccccc1-c1nc(-c2ccc(Br)cc2)c(-c2ccc(Br)cc2)n1C1(c2ccccc2OC)N=C(c2ccc(Br)cc2)C(c2ccc(Br)cc2)=N1. The molecule has 0 atom stereocenters. The van der Waals surface area contributed by atoms with Gasteiger partial charge in [-0.1, -0.05) is 137 Å². The van der Waals surface area contributed by atoms with E-state index in [0.29, 0.717) is 17.3 Å². The molecule has 10 heteroatoms. The maximum atomic E-state index is 6.15. The molecule has 266 valence electrons. The first-order chi connectivity index (χ1) is 26.3. The van der Waals surface area contributed by atoms with Crippen LogP contribution < -0.4 is 9.47 Å². The van der Waals surface area contributed by atoms with E-state index in [0.717, 1.165) is 74.1 Å². The van der Waals surface area contributed by atoms with Crippen molar-refractivity contribution >= 4 is 75.1 Å². The van der Waals surface area contributed by atoms with Crippen LogP contribution in [0.4, 0.5) is 0 Å². The highest BCUT2D eigenvalue weighted by atomic mass is 79.9. The van der Waals surface area contributed by atoms with Crippen molar-refractivity contribution in [1.82, 2.24) is 9.55 Å². The van der Waals surface area contributed by atoms with Gasteiger partial charge in [0.2, 0.25) is 0 Å². The molecule has 0 unspecified atom stereocenters. The summed E-state index contributed by atoms with van der Waals surface area (Å²) in [5, 5.41) is 0. The van der Waals surface area contributed by atoms with Crippen LogP contribution in [0.5, 0.6) is 11.5 Å². The van der Waals surface area contributed by atoms with Gasteiger partial charge >= 0.3 is 0 Å². The normalized spacial score (nSPS) is 13.4. The van der Waals surface area contributed by atoms with Gasteiger partial charge in [0, 0.05) is 40.1 Å². The highest BCUT2D eigenvalue weighted by Crippen LogP contribution is 2.49. The lowest BCUT2D eigenvalue weighted by molar-refractivity contribution is 0.359. The highest BCUT2D eigenvalue weighted by molar-refractivity contribution is 9.11. The van der Waals surface area contributed by atoms with Crippen molar-refractivity contribution in [1.29, 1.82) is 0 Å². The first-order valence-electron chi connectivity index (χ1n) is 16.9.